The molecule has 3 aromatic carbocycles. The minimum absolute atomic E-state index is 0.163. The molecule has 168 valence electrons. The lowest BCUT2D eigenvalue weighted by Gasteiger charge is -2.50. The molecule has 0 saturated heterocycles. The largest absolute Gasteiger partial charge is 0.493 e. The van der Waals surface area contributed by atoms with Gasteiger partial charge in [0.2, 0.25) is 0 Å². The Kier molecular flexibility index (Phi) is 5.17. The number of nitrogens with zero attached hydrogens (tertiary/aromatic N) is 2. The van der Waals surface area contributed by atoms with Crippen LogP contribution in [-0.2, 0) is 0 Å². The molecule has 2 aliphatic heterocycles. The summed E-state index contributed by atoms with van der Waals surface area (Å²) < 4.78 is 13.7. The van der Waals surface area contributed by atoms with Gasteiger partial charge in [-0.2, -0.15) is 5.10 Å². The van der Waals surface area contributed by atoms with Crippen molar-refractivity contribution in [2.75, 3.05) is 7.11 Å². The van der Waals surface area contributed by atoms with E-state index in [1.165, 1.54) is 16.7 Å². The highest BCUT2D eigenvalue weighted by atomic mass is 79.9. The fourth-order valence-electron chi connectivity index (χ4n) is 5.71. The molecule has 2 heterocycles. The van der Waals surface area contributed by atoms with E-state index in [0.29, 0.717) is 5.92 Å². The number of fused-ring (bicyclic) bond motifs is 4. The van der Waals surface area contributed by atoms with Crippen molar-refractivity contribution in [3.8, 4) is 11.5 Å². The third-order valence-corrected chi connectivity index (χ3v) is 7.95. The molecule has 1 fully saturated rings. The number of para-hydroxylation sites is 1. The molecule has 3 aliphatic rings. The van der Waals surface area contributed by atoms with Crippen LogP contribution >= 0.6 is 15.9 Å². The zero-order chi connectivity index (χ0) is 22.4. The van der Waals surface area contributed by atoms with Gasteiger partial charge in [-0.3, -0.25) is 0 Å². The van der Waals surface area contributed by atoms with Crippen molar-refractivity contribution in [3.63, 3.8) is 0 Å². The molecule has 1 unspecified atom stereocenters. The highest BCUT2D eigenvalue weighted by molar-refractivity contribution is 9.10. The van der Waals surface area contributed by atoms with Gasteiger partial charge < -0.3 is 9.47 Å². The quantitative estimate of drug-likeness (QED) is 0.384. The maximum Gasteiger partial charge on any atom is 0.198 e. The van der Waals surface area contributed by atoms with Crippen LogP contribution in [0.2, 0.25) is 0 Å². The van der Waals surface area contributed by atoms with E-state index < -0.39 is 5.72 Å². The second-order valence-corrected chi connectivity index (χ2v) is 10.1. The predicted octanol–water partition coefficient (Wildman–Crippen LogP) is 7.06. The summed E-state index contributed by atoms with van der Waals surface area (Å²) >= 11 is 3.55. The normalized spacial score (nSPS) is 25.8. The summed E-state index contributed by atoms with van der Waals surface area (Å²) in [5.41, 5.74) is 4.45. The zero-order valence-electron chi connectivity index (χ0n) is 18.7. The number of benzene rings is 3. The molecule has 6 rings (SSSR count). The van der Waals surface area contributed by atoms with Crippen LogP contribution in [0.25, 0.3) is 0 Å². The van der Waals surface area contributed by atoms with E-state index in [4.69, 9.17) is 14.6 Å². The van der Waals surface area contributed by atoms with E-state index in [-0.39, 0.29) is 6.04 Å². The van der Waals surface area contributed by atoms with Gasteiger partial charge in [-0.25, -0.2) is 5.01 Å². The number of hydrogen-bond donors (Lipinski definition) is 0. The topological polar surface area (TPSA) is 34.1 Å². The average Bonchev–Trinajstić information content (AvgIpc) is 3.32. The van der Waals surface area contributed by atoms with Gasteiger partial charge in [0, 0.05) is 29.3 Å². The molecule has 0 amide bonds. The predicted molar refractivity (Wildman–Crippen MR) is 134 cm³/mol. The van der Waals surface area contributed by atoms with Gasteiger partial charge in [0.15, 0.2) is 17.2 Å². The summed E-state index contributed by atoms with van der Waals surface area (Å²) in [6, 6.07) is 25.7. The number of halogens is 1. The van der Waals surface area contributed by atoms with Gasteiger partial charge >= 0.3 is 0 Å². The standard InChI is InChI=1S/C28H27BrN2O2/c1-32-26-9-5-8-23-25-18-24(21-10-12-22(29)13-11-21)30-31(25)28(33-27(23)26)16-14-20(15-17-28)19-6-3-2-4-7-19/h2-13,20,25H,14-18H2,1H3. The van der Waals surface area contributed by atoms with E-state index in [9.17, 15) is 0 Å². The number of rotatable bonds is 3. The van der Waals surface area contributed by atoms with Crippen LogP contribution in [0.1, 0.15) is 60.8 Å². The Hall–Kier alpha value is -2.79. The second-order valence-electron chi connectivity index (χ2n) is 9.23. The monoisotopic (exact) mass is 502 g/mol. The molecule has 0 radical (unpaired) electrons. The van der Waals surface area contributed by atoms with Crippen LogP contribution in [0.15, 0.2) is 82.4 Å². The summed E-state index contributed by atoms with van der Waals surface area (Å²) in [7, 11) is 1.72. The minimum atomic E-state index is -0.436. The van der Waals surface area contributed by atoms with Crippen molar-refractivity contribution in [1.82, 2.24) is 5.01 Å². The van der Waals surface area contributed by atoms with Gasteiger partial charge in [0.1, 0.15) is 0 Å². The molecule has 5 heteroatoms. The first-order chi connectivity index (χ1) is 16.2. The fraction of sp³-hybridized carbons (Fsp3) is 0.321. The van der Waals surface area contributed by atoms with Crippen LogP contribution in [0.4, 0.5) is 0 Å². The van der Waals surface area contributed by atoms with E-state index in [1.807, 2.05) is 6.07 Å². The molecule has 1 spiro atoms. The second kappa shape index (κ2) is 8.21. The summed E-state index contributed by atoms with van der Waals surface area (Å²) in [5.74, 6) is 2.27. The lowest BCUT2D eigenvalue weighted by atomic mass is 9.78. The smallest absolute Gasteiger partial charge is 0.198 e. The Balaban J connectivity index is 1.38. The van der Waals surface area contributed by atoms with Crippen molar-refractivity contribution in [2.24, 2.45) is 5.10 Å². The molecule has 1 aliphatic carbocycles. The first-order valence-electron chi connectivity index (χ1n) is 11.7. The molecular formula is C28H27BrN2O2. The number of hydrazone groups is 1. The summed E-state index contributed by atoms with van der Waals surface area (Å²) in [5, 5.41) is 7.49. The number of ether oxygens (including phenoxy) is 2. The first kappa shape index (κ1) is 20.8. The van der Waals surface area contributed by atoms with E-state index in [1.54, 1.807) is 7.11 Å². The number of hydrogen-bond acceptors (Lipinski definition) is 4. The maximum atomic E-state index is 6.87. The van der Waals surface area contributed by atoms with Crippen molar-refractivity contribution in [1.29, 1.82) is 0 Å². The van der Waals surface area contributed by atoms with Crippen LogP contribution < -0.4 is 9.47 Å². The Morgan fingerprint density at radius 3 is 2.45 bits per heavy atom. The zero-order valence-corrected chi connectivity index (χ0v) is 20.3. The lowest BCUT2D eigenvalue weighted by Crippen LogP contribution is -2.55. The van der Waals surface area contributed by atoms with Crippen molar-refractivity contribution < 1.29 is 9.47 Å². The molecule has 0 bridgehead atoms. The Bertz CT molecular complexity index is 1180. The molecule has 3 aromatic rings. The fourth-order valence-corrected chi connectivity index (χ4v) is 5.97. The van der Waals surface area contributed by atoms with Gasteiger partial charge in [-0.1, -0.05) is 70.5 Å². The molecule has 1 atom stereocenters. The number of methoxy groups -OCH3 is 1. The van der Waals surface area contributed by atoms with E-state index in [2.05, 4.69) is 87.7 Å². The van der Waals surface area contributed by atoms with Gasteiger partial charge in [-0.15, -0.1) is 0 Å². The molecule has 0 N–H and O–H groups in total. The van der Waals surface area contributed by atoms with Crippen LogP contribution in [-0.4, -0.2) is 23.6 Å². The highest BCUT2D eigenvalue weighted by Crippen LogP contribution is 2.55. The third-order valence-electron chi connectivity index (χ3n) is 7.42. The first-order valence-corrected chi connectivity index (χ1v) is 12.5. The van der Waals surface area contributed by atoms with Gasteiger partial charge in [0.25, 0.3) is 0 Å². The minimum Gasteiger partial charge on any atom is -0.493 e. The van der Waals surface area contributed by atoms with E-state index in [0.717, 1.165) is 53.8 Å². The van der Waals surface area contributed by atoms with Gasteiger partial charge in [-0.05, 0) is 48.1 Å². The van der Waals surface area contributed by atoms with Crippen LogP contribution in [0.3, 0.4) is 0 Å². The third kappa shape index (κ3) is 3.54. The van der Waals surface area contributed by atoms with Gasteiger partial charge in [0.05, 0.1) is 18.9 Å². The SMILES string of the molecule is COc1cccc2c1OC1(CCC(c3ccccc3)CC1)N1N=C(c3ccc(Br)cc3)CC21. The molecule has 0 aromatic heterocycles. The van der Waals surface area contributed by atoms with E-state index >= 15 is 0 Å². The van der Waals surface area contributed by atoms with Crippen LogP contribution in [0, 0.1) is 0 Å². The van der Waals surface area contributed by atoms with Crippen molar-refractivity contribution >= 4 is 21.6 Å². The average molecular weight is 503 g/mol. The Morgan fingerprint density at radius 1 is 0.970 bits per heavy atom. The molecule has 4 nitrogen and oxygen atoms in total. The van der Waals surface area contributed by atoms with Crippen molar-refractivity contribution in [3.05, 3.63) is 94.0 Å². The Morgan fingerprint density at radius 2 is 1.73 bits per heavy atom. The maximum absolute atomic E-state index is 6.87. The Labute approximate surface area is 203 Å². The molecular weight excluding hydrogens is 476 g/mol. The highest BCUT2D eigenvalue weighted by Gasteiger charge is 2.52. The van der Waals surface area contributed by atoms with Crippen molar-refractivity contribution in [2.45, 2.75) is 49.8 Å². The lowest BCUT2D eigenvalue weighted by molar-refractivity contribution is -0.143. The summed E-state index contributed by atoms with van der Waals surface area (Å²) in [6.45, 7) is 0. The summed E-state index contributed by atoms with van der Waals surface area (Å²) in [6.07, 6.45) is 4.92. The summed E-state index contributed by atoms with van der Waals surface area (Å²) in [4.78, 5) is 0. The molecule has 1 saturated carbocycles. The molecule has 33 heavy (non-hydrogen) atoms. The van der Waals surface area contributed by atoms with Crippen LogP contribution in [0.5, 0.6) is 11.5 Å².